The standard InChI is InChI=1S/C16H18N2O3/c1-3-10-7-8-13(14(9-10)20-2)21-15-11(16(18)19)5-4-6-12(15)17/h4-9H,3,17H2,1-2H3,(H2,18,19). The summed E-state index contributed by atoms with van der Waals surface area (Å²) in [7, 11) is 1.56. The van der Waals surface area contributed by atoms with E-state index >= 15 is 0 Å². The zero-order chi connectivity index (χ0) is 15.4. The van der Waals surface area contributed by atoms with E-state index in [1.54, 1.807) is 31.4 Å². The minimum absolute atomic E-state index is 0.233. The average Bonchev–Trinajstić information content (AvgIpc) is 2.49. The van der Waals surface area contributed by atoms with Gasteiger partial charge in [0, 0.05) is 0 Å². The SMILES string of the molecule is CCc1ccc(Oc2c(N)cccc2C(N)=O)c(OC)c1. The molecule has 0 radical (unpaired) electrons. The van der Waals surface area contributed by atoms with Gasteiger partial charge in [0.05, 0.1) is 18.4 Å². The number of amides is 1. The van der Waals surface area contributed by atoms with E-state index in [1.807, 2.05) is 12.1 Å². The maximum atomic E-state index is 11.5. The van der Waals surface area contributed by atoms with Crippen molar-refractivity contribution in [1.29, 1.82) is 0 Å². The molecule has 0 aliphatic carbocycles. The molecular formula is C16H18N2O3. The lowest BCUT2D eigenvalue weighted by atomic mass is 10.1. The number of hydrogen-bond donors (Lipinski definition) is 2. The first-order valence-corrected chi connectivity index (χ1v) is 6.59. The van der Waals surface area contributed by atoms with Gasteiger partial charge in [-0.1, -0.05) is 19.1 Å². The Morgan fingerprint density at radius 2 is 1.95 bits per heavy atom. The number of benzene rings is 2. The smallest absolute Gasteiger partial charge is 0.252 e. The number of nitrogens with two attached hydrogens (primary N) is 2. The van der Waals surface area contributed by atoms with Crippen molar-refractivity contribution >= 4 is 11.6 Å². The molecule has 21 heavy (non-hydrogen) atoms. The number of carbonyl (C=O) groups excluding carboxylic acids is 1. The molecule has 5 nitrogen and oxygen atoms in total. The predicted octanol–water partition coefficient (Wildman–Crippen LogP) is 2.73. The van der Waals surface area contributed by atoms with Crippen LogP contribution in [0, 0.1) is 0 Å². The fraction of sp³-hybridized carbons (Fsp3) is 0.188. The minimum atomic E-state index is -0.596. The molecule has 0 heterocycles. The van der Waals surface area contributed by atoms with Gasteiger partial charge in [-0.15, -0.1) is 0 Å². The van der Waals surface area contributed by atoms with Gasteiger partial charge < -0.3 is 20.9 Å². The third kappa shape index (κ3) is 3.08. The molecule has 0 aliphatic rings. The van der Waals surface area contributed by atoms with Crippen LogP contribution in [0.25, 0.3) is 0 Å². The summed E-state index contributed by atoms with van der Waals surface area (Å²) < 4.78 is 11.1. The molecule has 0 spiro atoms. The number of primary amides is 1. The predicted molar refractivity (Wildman–Crippen MR) is 81.8 cm³/mol. The molecule has 0 saturated heterocycles. The Bertz CT molecular complexity index is 669. The normalized spacial score (nSPS) is 10.2. The number of hydrogen-bond acceptors (Lipinski definition) is 4. The van der Waals surface area contributed by atoms with Gasteiger partial charge in [0.1, 0.15) is 0 Å². The number of para-hydroxylation sites is 1. The van der Waals surface area contributed by atoms with E-state index < -0.39 is 5.91 Å². The molecule has 0 aromatic heterocycles. The van der Waals surface area contributed by atoms with Crippen molar-refractivity contribution in [2.45, 2.75) is 13.3 Å². The second kappa shape index (κ2) is 6.17. The van der Waals surface area contributed by atoms with Gasteiger partial charge in [0.15, 0.2) is 17.2 Å². The molecule has 2 aromatic carbocycles. The van der Waals surface area contributed by atoms with Crippen LogP contribution >= 0.6 is 0 Å². The van der Waals surface area contributed by atoms with Crippen LogP contribution in [0.1, 0.15) is 22.8 Å². The first-order chi connectivity index (χ1) is 10.1. The summed E-state index contributed by atoms with van der Waals surface area (Å²) in [6, 6.07) is 10.5. The number of anilines is 1. The highest BCUT2D eigenvalue weighted by molar-refractivity contribution is 5.97. The van der Waals surface area contributed by atoms with Crippen molar-refractivity contribution in [2.75, 3.05) is 12.8 Å². The van der Waals surface area contributed by atoms with E-state index in [4.69, 9.17) is 20.9 Å². The number of rotatable bonds is 5. The van der Waals surface area contributed by atoms with Crippen LogP contribution in [0.4, 0.5) is 5.69 Å². The maximum Gasteiger partial charge on any atom is 0.252 e. The fourth-order valence-corrected chi connectivity index (χ4v) is 1.99. The van der Waals surface area contributed by atoms with Crippen LogP contribution in [0.2, 0.25) is 0 Å². The molecule has 0 saturated carbocycles. The van der Waals surface area contributed by atoms with Crippen molar-refractivity contribution < 1.29 is 14.3 Å². The first-order valence-electron chi connectivity index (χ1n) is 6.59. The molecule has 0 bridgehead atoms. The summed E-state index contributed by atoms with van der Waals surface area (Å²) in [5.74, 6) is 0.706. The van der Waals surface area contributed by atoms with Gasteiger partial charge in [-0.25, -0.2) is 0 Å². The van der Waals surface area contributed by atoms with Crippen LogP contribution in [0.3, 0.4) is 0 Å². The van der Waals surface area contributed by atoms with Crippen molar-refractivity contribution in [2.24, 2.45) is 5.73 Å². The van der Waals surface area contributed by atoms with Crippen molar-refractivity contribution in [1.82, 2.24) is 0 Å². The minimum Gasteiger partial charge on any atom is -0.493 e. The molecule has 4 N–H and O–H groups in total. The first kappa shape index (κ1) is 14.7. The molecule has 0 unspecified atom stereocenters. The summed E-state index contributed by atoms with van der Waals surface area (Å²) in [6.07, 6.45) is 0.886. The number of aryl methyl sites for hydroxylation is 1. The summed E-state index contributed by atoms with van der Waals surface area (Å²) in [5.41, 5.74) is 12.9. The Morgan fingerprint density at radius 1 is 1.19 bits per heavy atom. The van der Waals surface area contributed by atoms with Crippen LogP contribution in [0.5, 0.6) is 17.2 Å². The Morgan fingerprint density at radius 3 is 2.57 bits per heavy atom. The highest BCUT2D eigenvalue weighted by Gasteiger charge is 2.15. The van der Waals surface area contributed by atoms with E-state index in [0.29, 0.717) is 17.2 Å². The van der Waals surface area contributed by atoms with Gasteiger partial charge in [0.2, 0.25) is 0 Å². The third-order valence-corrected chi connectivity index (χ3v) is 3.16. The zero-order valence-electron chi connectivity index (χ0n) is 12.1. The number of nitrogen functional groups attached to an aromatic ring is 1. The molecule has 0 atom stereocenters. The van der Waals surface area contributed by atoms with Gasteiger partial charge in [-0.05, 0) is 36.2 Å². The van der Waals surface area contributed by atoms with Crippen LogP contribution in [0.15, 0.2) is 36.4 Å². The van der Waals surface area contributed by atoms with Gasteiger partial charge in [-0.2, -0.15) is 0 Å². The van der Waals surface area contributed by atoms with Crippen LogP contribution in [-0.4, -0.2) is 13.0 Å². The van der Waals surface area contributed by atoms with Crippen molar-refractivity contribution in [3.8, 4) is 17.2 Å². The van der Waals surface area contributed by atoms with Gasteiger partial charge in [0.25, 0.3) is 5.91 Å². The monoisotopic (exact) mass is 286 g/mol. The van der Waals surface area contributed by atoms with Crippen LogP contribution in [-0.2, 0) is 6.42 Å². The zero-order valence-corrected chi connectivity index (χ0v) is 12.1. The van der Waals surface area contributed by atoms with E-state index in [9.17, 15) is 4.79 Å². The second-order valence-corrected chi connectivity index (χ2v) is 4.53. The maximum absolute atomic E-state index is 11.5. The average molecular weight is 286 g/mol. The van der Waals surface area contributed by atoms with Crippen LogP contribution < -0.4 is 20.9 Å². The quantitative estimate of drug-likeness (QED) is 0.827. The lowest BCUT2D eigenvalue weighted by Gasteiger charge is -2.15. The molecule has 1 amide bonds. The molecule has 5 heteroatoms. The Hall–Kier alpha value is -2.69. The summed E-state index contributed by atoms with van der Waals surface area (Å²) in [4.78, 5) is 11.5. The topological polar surface area (TPSA) is 87.6 Å². The van der Waals surface area contributed by atoms with E-state index in [-0.39, 0.29) is 11.3 Å². The number of methoxy groups -OCH3 is 1. The van der Waals surface area contributed by atoms with Gasteiger partial charge in [-0.3, -0.25) is 4.79 Å². The molecule has 2 aromatic rings. The van der Waals surface area contributed by atoms with E-state index in [2.05, 4.69) is 6.92 Å². The second-order valence-electron chi connectivity index (χ2n) is 4.53. The largest absolute Gasteiger partial charge is 0.493 e. The van der Waals surface area contributed by atoms with E-state index in [1.165, 1.54) is 0 Å². The molecule has 110 valence electrons. The van der Waals surface area contributed by atoms with Gasteiger partial charge >= 0.3 is 0 Å². The fourth-order valence-electron chi connectivity index (χ4n) is 1.99. The number of ether oxygens (including phenoxy) is 2. The molecule has 0 aliphatic heterocycles. The highest BCUT2D eigenvalue weighted by Crippen LogP contribution is 2.36. The third-order valence-electron chi connectivity index (χ3n) is 3.16. The van der Waals surface area contributed by atoms with E-state index in [0.717, 1.165) is 12.0 Å². The Kier molecular flexibility index (Phi) is 4.33. The molecule has 2 rings (SSSR count). The number of carbonyl (C=O) groups is 1. The molecule has 0 fully saturated rings. The lowest BCUT2D eigenvalue weighted by Crippen LogP contribution is -2.13. The Balaban J connectivity index is 2.45. The molecular weight excluding hydrogens is 268 g/mol. The Labute approximate surface area is 123 Å². The lowest BCUT2D eigenvalue weighted by molar-refractivity contribution is 0.0998. The summed E-state index contributed by atoms with van der Waals surface area (Å²) in [6.45, 7) is 2.05. The highest BCUT2D eigenvalue weighted by atomic mass is 16.5. The summed E-state index contributed by atoms with van der Waals surface area (Å²) in [5, 5.41) is 0. The van der Waals surface area contributed by atoms with Crippen molar-refractivity contribution in [3.05, 3.63) is 47.5 Å². The summed E-state index contributed by atoms with van der Waals surface area (Å²) >= 11 is 0. The van der Waals surface area contributed by atoms with Crippen molar-refractivity contribution in [3.63, 3.8) is 0 Å².